The fourth-order valence-electron chi connectivity index (χ4n) is 1.73. The van der Waals surface area contributed by atoms with Crippen LogP contribution >= 0.6 is 0 Å². The molecule has 0 aliphatic heterocycles. The van der Waals surface area contributed by atoms with Gasteiger partial charge in [0.2, 0.25) is 5.91 Å². The summed E-state index contributed by atoms with van der Waals surface area (Å²) in [6, 6.07) is 0. The van der Waals surface area contributed by atoms with E-state index >= 15 is 0 Å². The van der Waals surface area contributed by atoms with Crippen molar-refractivity contribution in [3.05, 3.63) is 11.8 Å². The third kappa shape index (κ3) is 2.44. The van der Waals surface area contributed by atoms with Crippen LogP contribution in [0.1, 0.15) is 33.6 Å². The standard InChI is InChI=1S/C11H17NO2/c1-8(13)12(4)9-5-10(14)7-11(2,3)6-9/h5H,6-7H2,1-4H3. The molecule has 1 aliphatic carbocycles. The van der Waals surface area contributed by atoms with Crippen molar-refractivity contribution in [3.63, 3.8) is 0 Å². The summed E-state index contributed by atoms with van der Waals surface area (Å²) < 4.78 is 0. The second kappa shape index (κ2) is 3.56. The highest BCUT2D eigenvalue weighted by Gasteiger charge is 2.29. The van der Waals surface area contributed by atoms with Crippen molar-refractivity contribution in [2.75, 3.05) is 7.05 Å². The predicted molar refractivity (Wildman–Crippen MR) is 54.5 cm³/mol. The highest BCUT2D eigenvalue weighted by atomic mass is 16.2. The van der Waals surface area contributed by atoms with Crippen LogP contribution in [0.5, 0.6) is 0 Å². The summed E-state index contributed by atoms with van der Waals surface area (Å²) in [6.45, 7) is 5.60. The number of carbonyl (C=O) groups excluding carboxylic acids is 2. The Labute approximate surface area is 84.8 Å². The molecule has 0 aromatic rings. The van der Waals surface area contributed by atoms with Crippen LogP contribution in [0.15, 0.2) is 11.8 Å². The molecular formula is C11H17NO2. The zero-order chi connectivity index (χ0) is 10.9. The Hall–Kier alpha value is -1.12. The number of amides is 1. The Bertz CT molecular complexity index is 302. The lowest BCUT2D eigenvalue weighted by atomic mass is 9.78. The maximum Gasteiger partial charge on any atom is 0.223 e. The number of rotatable bonds is 1. The van der Waals surface area contributed by atoms with Gasteiger partial charge in [0.15, 0.2) is 5.78 Å². The minimum atomic E-state index is -0.0262. The molecule has 0 saturated heterocycles. The van der Waals surface area contributed by atoms with Crippen molar-refractivity contribution in [2.45, 2.75) is 33.6 Å². The molecule has 0 aromatic carbocycles. The molecule has 0 spiro atoms. The van der Waals surface area contributed by atoms with Crippen LogP contribution in [0.4, 0.5) is 0 Å². The van der Waals surface area contributed by atoms with Crippen LogP contribution in [-0.4, -0.2) is 23.6 Å². The summed E-state index contributed by atoms with van der Waals surface area (Å²) in [6.07, 6.45) is 2.95. The van der Waals surface area contributed by atoms with Gasteiger partial charge in [0.1, 0.15) is 0 Å². The molecule has 0 bridgehead atoms. The predicted octanol–water partition coefficient (Wildman–Crippen LogP) is 1.74. The van der Waals surface area contributed by atoms with Crippen molar-refractivity contribution in [3.8, 4) is 0 Å². The largest absolute Gasteiger partial charge is 0.319 e. The molecule has 14 heavy (non-hydrogen) atoms. The van der Waals surface area contributed by atoms with Crippen LogP contribution < -0.4 is 0 Å². The first-order chi connectivity index (χ1) is 6.32. The summed E-state index contributed by atoms with van der Waals surface area (Å²) in [5.41, 5.74) is 0.809. The lowest BCUT2D eigenvalue weighted by Crippen LogP contribution is -2.31. The monoisotopic (exact) mass is 195 g/mol. The summed E-state index contributed by atoms with van der Waals surface area (Å²) in [4.78, 5) is 24.1. The number of hydrogen-bond donors (Lipinski definition) is 0. The van der Waals surface area contributed by atoms with Gasteiger partial charge in [0.05, 0.1) is 0 Å². The van der Waals surface area contributed by atoms with Crippen molar-refractivity contribution in [2.24, 2.45) is 5.41 Å². The highest BCUT2D eigenvalue weighted by molar-refractivity contribution is 5.92. The fraction of sp³-hybridized carbons (Fsp3) is 0.636. The summed E-state index contributed by atoms with van der Waals surface area (Å²) >= 11 is 0. The molecule has 0 unspecified atom stereocenters. The van der Waals surface area contributed by atoms with Crippen LogP contribution in [0, 0.1) is 5.41 Å². The molecule has 1 aliphatic rings. The minimum Gasteiger partial charge on any atom is -0.319 e. The summed E-state index contributed by atoms with van der Waals surface area (Å²) in [5, 5.41) is 0. The molecule has 0 radical (unpaired) electrons. The SMILES string of the molecule is CC(=O)N(C)C1=CC(=O)CC(C)(C)C1. The Morgan fingerprint density at radius 2 is 2.00 bits per heavy atom. The van der Waals surface area contributed by atoms with Gasteiger partial charge < -0.3 is 4.90 Å². The second-order valence-electron chi connectivity index (χ2n) is 4.70. The molecule has 0 fully saturated rings. The van der Waals surface area contributed by atoms with Gasteiger partial charge in [-0.15, -0.1) is 0 Å². The van der Waals surface area contributed by atoms with E-state index in [9.17, 15) is 9.59 Å². The Morgan fingerprint density at radius 1 is 1.43 bits per heavy atom. The van der Waals surface area contributed by atoms with E-state index in [2.05, 4.69) is 0 Å². The average molecular weight is 195 g/mol. The van der Waals surface area contributed by atoms with Crippen LogP contribution in [0.2, 0.25) is 0 Å². The van der Waals surface area contributed by atoms with E-state index in [1.54, 1.807) is 18.0 Å². The molecule has 0 saturated carbocycles. The quantitative estimate of drug-likeness (QED) is 0.639. The normalized spacial score (nSPS) is 20.3. The molecule has 1 amide bonds. The van der Waals surface area contributed by atoms with Gasteiger partial charge in [-0.1, -0.05) is 13.8 Å². The maximum absolute atomic E-state index is 11.4. The first kappa shape index (κ1) is 11.0. The molecule has 0 heterocycles. The fourth-order valence-corrected chi connectivity index (χ4v) is 1.73. The maximum atomic E-state index is 11.4. The highest BCUT2D eigenvalue weighted by Crippen LogP contribution is 2.34. The summed E-state index contributed by atoms with van der Waals surface area (Å²) in [7, 11) is 1.71. The Morgan fingerprint density at radius 3 is 2.43 bits per heavy atom. The van der Waals surface area contributed by atoms with Gasteiger partial charge >= 0.3 is 0 Å². The van der Waals surface area contributed by atoms with E-state index in [1.165, 1.54) is 6.92 Å². The lowest BCUT2D eigenvalue weighted by molar-refractivity contribution is -0.126. The van der Waals surface area contributed by atoms with Gasteiger partial charge in [-0.05, 0) is 11.8 Å². The third-order valence-electron chi connectivity index (χ3n) is 2.54. The zero-order valence-electron chi connectivity index (χ0n) is 9.26. The average Bonchev–Trinajstić information content (AvgIpc) is 1.98. The van der Waals surface area contributed by atoms with Gasteiger partial charge in [0, 0.05) is 32.2 Å². The van der Waals surface area contributed by atoms with Gasteiger partial charge in [-0.25, -0.2) is 0 Å². The molecule has 78 valence electrons. The second-order valence-corrected chi connectivity index (χ2v) is 4.70. The van der Waals surface area contributed by atoms with E-state index in [1.807, 2.05) is 13.8 Å². The number of ketones is 1. The van der Waals surface area contributed by atoms with E-state index in [0.717, 1.165) is 12.1 Å². The zero-order valence-corrected chi connectivity index (χ0v) is 9.26. The third-order valence-corrected chi connectivity index (χ3v) is 2.54. The molecule has 0 N–H and O–H groups in total. The molecule has 0 aromatic heterocycles. The van der Waals surface area contributed by atoms with Crippen molar-refractivity contribution in [1.29, 1.82) is 0 Å². The number of allylic oxidation sites excluding steroid dienone is 2. The van der Waals surface area contributed by atoms with Crippen LogP contribution in [-0.2, 0) is 9.59 Å². The van der Waals surface area contributed by atoms with Gasteiger partial charge in [0.25, 0.3) is 0 Å². The number of nitrogens with zero attached hydrogens (tertiary/aromatic N) is 1. The Balaban J connectivity index is 2.89. The first-order valence-corrected chi connectivity index (χ1v) is 4.79. The number of hydrogen-bond acceptors (Lipinski definition) is 2. The van der Waals surface area contributed by atoms with E-state index in [0.29, 0.717) is 6.42 Å². The topological polar surface area (TPSA) is 37.4 Å². The van der Waals surface area contributed by atoms with Crippen LogP contribution in [0.25, 0.3) is 0 Å². The summed E-state index contributed by atoms with van der Waals surface area (Å²) in [5.74, 6) is 0.0890. The smallest absolute Gasteiger partial charge is 0.223 e. The Kier molecular flexibility index (Phi) is 2.79. The van der Waals surface area contributed by atoms with Gasteiger partial charge in [-0.2, -0.15) is 0 Å². The lowest BCUT2D eigenvalue weighted by Gasteiger charge is -2.32. The van der Waals surface area contributed by atoms with Gasteiger partial charge in [-0.3, -0.25) is 9.59 Å². The first-order valence-electron chi connectivity index (χ1n) is 4.79. The van der Waals surface area contributed by atoms with Crippen molar-refractivity contribution < 1.29 is 9.59 Å². The molecule has 3 heteroatoms. The van der Waals surface area contributed by atoms with Crippen molar-refractivity contribution >= 4 is 11.7 Å². The number of carbonyl (C=O) groups is 2. The molecule has 1 rings (SSSR count). The molecule has 0 atom stereocenters. The molecule has 3 nitrogen and oxygen atoms in total. The minimum absolute atomic E-state index is 0.0229. The van der Waals surface area contributed by atoms with E-state index < -0.39 is 0 Å². The van der Waals surface area contributed by atoms with Crippen molar-refractivity contribution in [1.82, 2.24) is 4.90 Å². The van der Waals surface area contributed by atoms with E-state index in [-0.39, 0.29) is 17.1 Å². The van der Waals surface area contributed by atoms with E-state index in [4.69, 9.17) is 0 Å². The van der Waals surface area contributed by atoms with Crippen LogP contribution in [0.3, 0.4) is 0 Å². The molecular weight excluding hydrogens is 178 g/mol.